The Morgan fingerprint density at radius 3 is 2.58 bits per heavy atom. The van der Waals surface area contributed by atoms with Crippen LogP contribution in [0.15, 0.2) is 59.4 Å². The summed E-state index contributed by atoms with van der Waals surface area (Å²) in [5.41, 5.74) is 2.55. The van der Waals surface area contributed by atoms with Gasteiger partial charge in [-0.05, 0) is 38.1 Å². The van der Waals surface area contributed by atoms with Gasteiger partial charge in [-0.3, -0.25) is 4.79 Å². The van der Waals surface area contributed by atoms with Crippen LogP contribution in [-0.4, -0.2) is 26.4 Å². The number of nitrogens with one attached hydrogen (secondary N) is 1. The molecule has 0 aliphatic heterocycles. The molecule has 26 heavy (non-hydrogen) atoms. The van der Waals surface area contributed by atoms with Crippen LogP contribution < -0.4 is 10.3 Å². The first-order valence-electron chi connectivity index (χ1n) is 8.46. The Morgan fingerprint density at radius 1 is 1.08 bits per heavy atom. The van der Waals surface area contributed by atoms with Crippen molar-refractivity contribution in [2.75, 3.05) is 6.61 Å². The van der Waals surface area contributed by atoms with E-state index in [-0.39, 0.29) is 5.56 Å². The lowest BCUT2D eigenvalue weighted by atomic mass is 10.2. The molecule has 2 aromatic carbocycles. The van der Waals surface area contributed by atoms with Gasteiger partial charge >= 0.3 is 0 Å². The molecule has 0 aliphatic rings. The molecular weight excluding hydrogens is 328 g/mol. The summed E-state index contributed by atoms with van der Waals surface area (Å²) in [6.45, 7) is 4.26. The van der Waals surface area contributed by atoms with Gasteiger partial charge in [0.05, 0.1) is 23.6 Å². The van der Waals surface area contributed by atoms with Crippen LogP contribution in [0.1, 0.15) is 12.6 Å². The zero-order chi connectivity index (χ0) is 18.1. The maximum Gasteiger partial charge on any atom is 0.262 e. The third-order valence-electron chi connectivity index (χ3n) is 4.16. The number of aryl methyl sites for hydroxylation is 1. The van der Waals surface area contributed by atoms with E-state index >= 15 is 0 Å². The van der Waals surface area contributed by atoms with Gasteiger partial charge < -0.3 is 9.72 Å². The van der Waals surface area contributed by atoms with Crippen LogP contribution in [-0.2, 0) is 0 Å². The largest absolute Gasteiger partial charge is 0.493 e. The highest BCUT2D eigenvalue weighted by Gasteiger charge is 2.17. The minimum absolute atomic E-state index is 0.212. The van der Waals surface area contributed by atoms with Gasteiger partial charge in [-0.25, -0.2) is 9.67 Å². The number of hydrogen-bond donors (Lipinski definition) is 1. The van der Waals surface area contributed by atoms with Crippen LogP contribution in [0, 0.1) is 6.92 Å². The molecule has 0 saturated carbocycles. The fourth-order valence-corrected chi connectivity index (χ4v) is 3.01. The molecule has 0 atom stereocenters. The molecule has 2 heterocycles. The van der Waals surface area contributed by atoms with Crippen molar-refractivity contribution in [2.24, 2.45) is 0 Å². The Kier molecular flexibility index (Phi) is 4.01. The normalized spacial score (nSPS) is 11.0. The number of rotatable bonds is 4. The number of aromatic nitrogens is 4. The number of H-pyrrole nitrogens is 1. The van der Waals surface area contributed by atoms with Crippen LogP contribution in [0.4, 0.5) is 0 Å². The second-order valence-corrected chi connectivity index (χ2v) is 5.88. The molecule has 4 aromatic rings. The molecule has 2 aromatic heterocycles. The smallest absolute Gasteiger partial charge is 0.262 e. The summed E-state index contributed by atoms with van der Waals surface area (Å²) in [5, 5.41) is 5.01. The molecule has 6 heteroatoms. The van der Waals surface area contributed by atoms with Gasteiger partial charge in [-0.15, -0.1) is 0 Å². The van der Waals surface area contributed by atoms with Crippen molar-refractivity contribution in [3.8, 4) is 22.8 Å². The lowest BCUT2D eigenvalue weighted by Crippen LogP contribution is -2.11. The zero-order valence-corrected chi connectivity index (χ0v) is 14.6. The lowest BCUT2D eigenvalue weighted by molar-refractivity contribution is 0.341. The number of aromatic amines is 1. The maximum absolute atomic E-state index is 12.7. The van der Waals surface area contributed by atoms with E-state index in [9.17, 15) is 4.79 Å². The fourth-order valence-electron chi connectivity index (χ4n) is 3.01. The van der Waals surface area contributed by atoms with Crippen LogP contribution >= 0.6 is 0 Å². The lowest BCUT2D eigenvalue weighted by Gasteiger charge is -2.09. The Morgan fingerprint density at radius 2 is 1.81 bits per heavy atom. The summed E-state index contributed by atoms with van der Waals surface area (Å²) < 4.78 is 7.38. The van der Waals surface area contributed by atoms with Crippen LogP contribution in [0.3, 0.4) is 0 Å². The predicted octanol–water partition coefficient (Wildman–Crippen LogP) is 3.48. The quantitative estimate of drug-likeness (QED) is 0.614. The van der Waals surface area contributed by atoms with Crippen LogP contribution in [0.2, 0.25) is 0 Å². The first kappa shape index (κ1) is 16.1. The van der Waals surface area contributed by atoms with E-state index < -0.39 is 0 Å². The average Bonchev–Trinajstić information content (AvgIpc) is 3.00. The molecule has 0 aliphatic carbocycles. The number of ether oxygens (including phenoxy) is 1. The number of hydrogen-bond acceptors (Lipinski definition) is 4. The van der Waals surface area contributed by atoms with E-state index in [1.807, 2.05) is 68.4 Å². The third kappa shape index (κ3) is 2.65. The number of nitrogens with zero attached hydrogens (tertiary/aromatic N) is 3. The molecule has 0 radical (unpaired) electrons. The molecular formula is C20H18N4O2. The summed E-state index contributed by atoms with van der Waals surface area (Å²) in [7, 11) is 0. The van der Waals surface area contributed by atoms with E-state index in [2.05, 4.69) is 10.1 Å². The minimum atomic E-state index is -0.212. The predicted molar refractivity (Wildman–Crippen MR) is 101 cm³/mol. The molecule has 0 bridgehead atoms. The Labute approximate surface area is 150 Å². The highest BCUT2D eigenvalue weighted by Crippen LogP contribution is 2.28. The van der Waals surface area contributed by atoms with E-state index in [4.69, 9.17) is 9.72 Å². The van der Waals surface area contributed by atoms with Crippen LogP contribution in [0.25, 0.3) is 28.1 Å². The average molecular weight is 346 g/mol. The second kappa shape index (κ2) is 6.48. The molecule has 6 nitrogen and oxygen atoms in total. The van der Waals surface area contributed by atoms with Gasteiger partial charge in [-0.1, -0.05) is 30.3 Å². The molecule has 4 rings (SSSR count). The van der Waals surface area contributed by atoms with Gasteiger partial charge in [0, 0.05) is 0 Å². The van der Waals surface area contributed by atoms with Crippen molar-refractivity contribution >= 4 is 11.0 Å². The topological polar surface area (TPSA) is 72.8 Å². The number of para-hydroxylation sites is 2. The Balaban J connectivity index is 1.99. The highest BCUT2D eigenvalue weighted by atomic mass is 16.5. The van der Waals surface area contributed by atoms with Crippen molar-refractivity contribution in [2.45, 2.75) is 13.8 Å². The van der Waals surface area contributed by atoms with E-state index in [1.54, 1.807) is 4.68 Å². The van der Waals surface area contributed by atoms with Gasteiger partial charge in [0.15, 0.2) is 5.65 Å². The molecule has 0 unspecified atom stereocenters. The summed E-state index contributed by atoms with van der Waals surface area (Å²) in [4.78, 5) is 20.3. The summed E-state index contributed by atoms with van der Waals surface area (Å²) in [6.07, 6.45) is 0. The van der Waals surface area contributed by atoms with Crippen LogP contribution in [0.5, 0.6) is 5.75 Å². The first-order chi connectivity index (χ1) is 12.7. The molecule has 0 fully saturated rings. The van der Waals surface area contributed by atoms with Gasteiger partial charge in [-0.2, -0.15) is 5.10 Å². The van der Waals surface area contributed by atoms with Crippen molar-refractivity contribution in [3.05, 3.63) is 70.6 Å². The molecule has 0 amide bonds. The van der Waals surface area contributed by atoms with Gasteiger partial charge in [0.2, 0.25) is 0 Å². The Hall–Kier alpha value is -3.41. The minimum Gasteiger partial charge on any atom is -0.493 e. The molecule has 1 N–H and O–H groups in total. The van der Waals surface area contributed by atoms with E-state index in [0.717, 1.165) is 11.3 Å². The van der Waals surface area contributed by atoms with Crippen molar-refractivity contribution in [3.63, 3.8) is 0 Å². The first-order valence-corrected chi connectivity index (χ1v) is 8.46. The van der Waals surface area contributed by atoms with E-state index in [1.165, 1.54) is 0 Å². The Bertz CT molecular complexity index is 1130. The van der Waals surface area contributed by atoms with Crippen molar-refractivity contribution in [1.82, 2.24) is 19.7 Å². The molecule has 0 spiro atoms. The number of fused-ring (bicyclic) bond motifs is 1. The van der Waals surface area contributed by atoms with Gasteiger partial charge in [0.25, 0.3) is 5.56 Å². The SMILES string of the molecule is CCOc1ccccc1-c1nc2c(c(C)nn2-c2ccccc2)c(=O)[nH]1. The highest BCUT2D eigenvalue weighted by molar-refractivity contribution is 5.81. The molecule has 130 valence electrons. The van der Waals surface area contributed by atoms with Crippen molar-refractivity contribution in [1.29, 1.82) is 0 Å². The standard InChI is InChI=1S/C20H18N4O2/c1-3-26-16-12-8-7-11-15(16)18-21-19-17(20(25)22-18)13(2)23-24(19)14-9-5-4-6-10-14/h4-12H,3H2,1-2H3,(H,21,22,25). The second-order valence-electron chi connectivity index (χ2n) is 5.88. The fraction of sp³-hybridized carbons (Fsp3) is 0.150. The maximum atomic E-state index is 12.7. The zero-order valence-electron chi connectivity index (χ0n) is 14.6. The summed E-state index contributed by atoms with van der Waals surface area (Å²) >= 11 is 0. The molecule has 0 saturated heterocycles. The van der Waals surface area contributed by atoms with Gasteiger partial charge in [0.1, 0.15) is 17.0 Å². The summed E-state index contributed by atoms with van der Waals surface area (Å²) in [6, 6.07) is 17.2. The van der Waals surface area contributed by atoms with E-state index in [0.29, 0.717) is 34.9 Å². The number of benzene rings is 2. The monoisotopic (exact) mass is 346 g/mol. The third-order valence-corrected chi connectivity index (χ3v) is 4.16. The van der Waals surface area contributed by atoms with Crippen molar-refractivity contribution < 1.29 is 4.74 Å². The summed E-state index contributed by atoms with van der Waals surface area (Å²) in [5.74, 6) is 1.14.